The largest absolute Gasteiger partial charge is 0.419 e. The maximum Gasteiger partial charge on any atom is 0.247 e. The Hall–Kier alpha value is -3.09. The van der Waals surface area contributed by atoms with Crippen LogP contribution in [0.15, 0.2) is 77.2 Å². The minimum Gasteiger partial charge on any atom is -0.419 e. The van der Waals surface area contributed by atoms with Crippen molar-refractivity contribution in [1.29, 1.82) is 0 Å². The van der Waals surface area contributed by atoms with Gasteiger partial charge in [-0.15, -0.1) is 10.2 Å². The molecule has 146 valence electrons. The third kappa shape index (κ3) is 4.50. The molecule has 0 radical (unpaired) electrons. The molecule has 0 fully saturated rings. The predicted octanol–water partition coefficient (Wildman–Crippen LogP) is 5.55. The zero-order chi connectivity index (χ0) is 20.2. The van der Waals surface area contributed by atoms with Crippen molar-refractivity contribution in [2.24, 2.45) is 0 Å². The van der Waals surface area contributed by atoms with Crippen LogP contribution in [0.1, 0.15) is 23.1 Å². The lowest BCUT2D eigenvalue weighted by Gasteiger charge is -2.17. The Morgan fingerprint density at radius 2 is 1.62 bits per heavy atom. The van der Waals surface area contributed by atoms with Crippen LogP contribution in [-0.4, -0.2) is 10.2 Å². The Kier molecular flexibility index (Phi) is 5.64. The van der Waals surface area contributed by atoms with E-state index in [2.05, 4.69) is 15.5 Å². The van der Waals surface area contributed by atoms with Gasteiger partial charge in [-0.2, -0.15) is 0 Å². The molecular weight excluding hydrogens is 396 g/mol. The van der Waals surface area contributed by atoms with Crippen LogP contribution in [0.25, 0.3) is 11.5 Å². The molecule has 0 spiro atoms. The Labute approximate surface area is 171 Å². The van der Waals surface area contributed by atoms with Gasteiger partial charge in [0.1, 0.15) is 17.7 Å². The highest BCUT2D eigenvalue weighted by atomic mass is 35.5. The number of nitrogens with one attached hydrogen (secondary N) is 1. The molecule has 4 aromatic rings. The van der Waals surface area contributed by atoms with Crippen molar-refractivity contribution < 1.29 is 13.2 Å². The molecule has 0 amide bonds. The van der Waals surface area contributed by atoms with Crippen LogP contribution in [0.2, 0.25) is 5.02 Å². The molecule has 1 heterocycles. The maximum atomic E-state index is 13.5. The van der Waals surface area contributed by atoms with Crippen LogP contribution in [0.3, 0.4) is 0 Å². The minimum atomic E-state index is -0.571. The van der Waals surface area contributed by atoms with Crippen LogP contribution in [0.4, 0.5) is 8.78 Å². The van der Waals surface area contributed by atoms with E-state index in [-0.39, 0.29) is 10.8 Å². The molecule has 1 aromatic heterocycles. The molecule has 1 atom stereocenters. The molecule has 0 aliphatic carbocycles. The first-order valence-corrected chi connectivity index (χ1v) is 9.29. The van der Waals surface area contributed by atoms with Crippen LogP contribution in [-0.2, 0) is 6.54 Å². The number of aromatic nitrogens is 2. The van der Waals surface area contributed by atoms with Crippen molar-refractivity contribution in [3.63, 3.8) is 0 Å². The predicted molar refractivity (Wildman–Crippen MR) is 106 cm³/mol. The summed E-state index contributed by atoms with van der Waals surface area (Å²) in [6.07, 6.45) is 0. The fourth-order valence-electron chi connectivity index (χ4n) is 2.94. The highest BCUT2D eigenvalue weighted by molar-refractivity contribution is 6.31. The Morgan fingerprint density at radius 1 is 0.897 bits per heavy atom. The van der Waals surface area contributed by atoms with Crippen molar-refractivity contribution in [3.8, 4) is 11.5 Å². The summed E-state index contributed by atoms with van der Waals surface area (Å²) < 4.78 is 32.6. The lowest BCUT2D eigenvalue weighted by atomic mass is 10.1. The van der Waals surface area contributed by atoms with E-state index in [1.165, 1.54) is 24.3 Å². The molecule has 4 rings (SSSR count). The zero-order valence-electron chi connectivity index (χ0n) is 15.1. The highest BCUT2D eigenvalue weighted by Gasteiger charge is 2.23. The fraction of sp³-hybridized carbons (Fsp3) is 0.0909. The number of hydrogen-bond donors (Lipinski definition) is 1. The second-order valence-electron chi connectivity index (χ2n) is 6.42. The van der Waals surface area contributed by atoms with Gasteiger partial charge in [-0.1, -0.05) is 48.0 Å². The Morgan fingerprint density at radius 3 is 2.34 bits per heavy atom. The molecule has 3 aromatic carbocycles. The van der Waals surface area contributed by atoms with Gasteiger partial charge in [0.15, 0.2) is 0 Å². The van der Waals surface area contributed by atoms with Gasteiger partial charge >= 0.3 is 0 Å². The molecule has 0 saturated carbocycles. The van der Waals surface area contributed by atoms with E-state index >= 15 is 0 Å². The summed E-state index contributed by atoms with van der Waals surface area (Å²) in [6.45, 7) is 0.391. The number of rotatable bonds is 6. The average molecular weight is 412 g/mol. The van der Waals surface area contributed by atoms with Gasteiger partial charge in [0, 0.05) is 17.1 Å². The van der Waals surface area contributed by atoms with Crippen molar-refractivity contribution in [2.75, 3.05) is 0 Å². The van der Waals surface area contributed by atoms with Gasteiger partial charge in [-0.05, 0) is 47.5 Å². The third-order valence-corrected chi connectivity index (χ3v) is 4.73. The topological polar surface area (TPSA) is 51.0 Å². The average Bonchev–Trinajstić information content (AvgIpc) is 3.21. The van der Waals surface area contributed by atoms with E-state index in [9.17, 15) is 8.78 Å². The van der Waals surface area contributed by atoms with Crippen molar-refractivity contribution in [2.45, 2.75) is 12.6 Å². The molecule has 0 aliphatic heterocycles. The van der Waals surface area contributed by atoms with Crippen LogP contribution >= 0.6 is 11.6 Å². The Balaban J connectivity index is 1.66. The van der Waals surface area contributed by atoms with E-state index in [1.54, 1.807) is 18.2 Å². The summed E-state index contributed by atoms with van der Waals surface area (Å²) in [5.74, 6) is -0.0882. The van der Waals surface area contributed by atoms with E-state index < -0.39 is 11.9 Å². The first kappa shape index (κ1) is 19.2. The standard InChI is InChI=1S/C22H16ClF2N3O/c23-19-12-17(25)10-11-18(19)20(26-13-14-6-8-16(24)9-7-14)22-28-27-21(29-22)15-4-2-1-3-5-15/h1-12,20,26H,13H2. The Bertz CT molecular complexity index is 1100. The summed E-state index contributed by atoms with van der Waals surface area (Å²) in [4.78, 5) is 0. The van der Waals surface area contributed by atoms with Gasteiger partial charge in [-0.3, -0.25) is 5.32 Å². The highest BCUT2D eigenvalue weighted by Crippen LogP contribution is 2.30. The van der Waals surface area contributed by atoms with E-state index in [0.717, 1.165) is 11.1 Å². The van der Waals surface area contributed by atoms with E-state index in [1.807, 2.05) is 30.3 Å². The summed E-state index contributed by atoms with van der Waals surface area (Å²) >= 11 is 6.28. The van der Waals surface area contributed by atoms with Gasteiger partial charge in [0.2, 0.25) is 11.8 Å². The second-order valence-corrected chi connectivity index (χ2v) is 6.82. The lowest BCUT2D eigenvalue weighted by molar-refractivity contribution is 0.437. The molecule has 1 unspecified atom stereocenters. The third-order valence-electron chi connectivity index (χ3n) is 4.41. The summed E-state index contributed by atoms with van der Waals surface area (Å²) in [7, 11) is 0. The lowest BCUT2D eigenvalue weighted by Crippen LogP contribution is -2.23. The van der Waals surface area contributed by atoms with Gasteiger partial charge in [0.05, 0.1) is 0 Å². The summed E-state index contributed by atoms with van der Waals surface area (Å²) in [5, 5.41) is 11.8. The van der Waals surface area contributed by atoms with Crippen LogP contribution in [0, 0.1) is 11.6 Å². The molecule has 4 nitrogen and oxygen atoms in total. The minimum absolute atomic E-state index is 0.237. The zero-order valence-corrected chi connectivity index (χ0v) is 15.9. The van der Waals surface area contributed by atoms with Gasteiger partial charge in [-0.25, -0.2) is 8.78 Å². The first-order chi connectivity index (χ1) is 14.1. The molecule has 0 bridgehead atoms. The quantitative estimate of drug-likeness (QED) is 0.452. The van der Waals surface area contributed by atoms with Crippen molar-refractivity contribution >= 4 is 11.6 Å². The smallest absolute Gasteiger partial charge is 0.247 e. The molecule has 0 saturated heterocycles. The van der Waals surface area contributed by atoms with Crippen LogP contribution < -0.4 is 5.32 Å². The van der Waals surface area contributed by atoms with E-state index in [0.29, 0.717) is 23.9 Å². The molecule has 7 heteroatoms. The van der Waals surface area contributed by atoms with Gasteiger partial charge in [0.25, 0.3) is 0 Å². The maximum absolute atomic E-state index is 13.5. The fourth-order valence-corrected chi connectivity index (χ4v) is 3.21. The number of benzene rings is 3. The second kappa shape index (κ2) is 8.51. The van der Waals surface area contributed by atoms with E-state index in [4.69, 9.17) is 16.0 Å². The van der Waals surface area contributed by atoms with Crippen molar-refractivity contribution in [1.82, 2.24) is 15.5 Å². The summed E-state index contributed by atoms with van der Waals surface area (Å²) in [6, 6.07) is 19.1. The monoisotopic (exact) mass is 411 g/mol. The SMILES string of the molecule is Fc1ccc(CNC(c2nnc(-c3ccccc3)o2)c2ccc(F)cc2Cl)cc1. The summed E-state index contributed by atoms with van der Waals surface area (Å²) in [5.41, 5.74) is 2.24. The van der Waals surface area contributed by atoms with Crippen molar-refractivity contribution in [3.05, 3.63) is 106 Å². The normalized spacial score (nSPS) is 12.1. The first-order valence-electron chi connectivity index (χ1n) is 8.92. The number of nitrogens with zero attached hydrogens (tertiary/aromatic N) is 2. The van der Waals surface area contributed by atoms with Gasteiger partial charge < -0.3 is 4.42 Å². The molecule has 0 aliphatic rings. The molecular formula is C22H16ClF2N3O. The number of hydrogen-bond acceptors (Lipinski definition) is 4. The molecule has 29 heavy (non-hydrogen) atoms. The van der Waals surface area contributed by atoms with Crippen LogP contribution in [0.5, 0.6) is 0 Å². The number of halogens is 3. The molecule has 1 N–H and O–H groups in total.